The van der Waals surface area contributed by atoms with Crippen LogP contribution in [-0.4, -0.2) is 17.1 Å². The highest BCUT2D eigenvalue weighted by Crippen LogP contribution is 2.24. The summed E-state index contributed by atoms with van der Waals surface area (Å²) in [5.74, 6) is -2.79. The van der Waals surface area contributed by atoms with Gasteiger partial charge in [-0.15, -0.1) is 0 Å². The van der Waals surface area contributed by atoms with E-state index in [1.807, 2.05) is 12.1 Å². The fourth-order valence-corrected chi connectivity index (χ4v) is 2.37. The summed E-state index contributed by atoms with van der Waals surface area (Å²) in [4.78, 5) is 10.9. The molecule has 0 aliphatic carbocycles. The highest BCUT2D eigenvalue weighted by molar-refractivity contribution is 5.99. The summed E-state index contributed by atoms with van der Waals surface area (Å²) in [7, 11) is 0. The Bertz CT molecular complexity index is 742. The van der Waals surface area contributed by atoms with Gasteiger partial charge in [0.15, 0.2) is 0 Å². The van der Waals surface area contributed by atoms with Gasteiger partial charge in [0, 0.05) is 11.6 Å². The fourth-order valence-electron chi connectivity index (χ4n) is 2.37. The predicted octanol–water partition coefficient (Wildman–Crippen LogP) is 5.73. The smallest absolute Gasteiger partial charge is 0.454 e. The summed E-state index contributed by atoms with van der Waals surface area (Å²) >= 11 is 0. The lowest BCUT2D eigenvalue weighted by molar-refractivity contribution is -0.165. The number of aryl methyl sites for hydroxylation is 1. The van der Waals surface area contributed by atoms with Crippen molar-refractivity contribution in [1.29, 1.82) is 0 Å². The molecule has 0 atom stereocenters. The number of unbranched alkanes of at least 4 members (excludes halogenated alkanes) is 1. The van der Waals surface area contributed by atoms with E-state index >= 15 is 0 Å². The minimum absolute atomic E-state index is 0.154. The van der Waals surface area contributed by atoms with Gasteiger partial charge in [0.25, 0.3) is 5.78 Å². The van der Waals surface area contributed by atoms with Gasteiger partial charge in [0.1, 0.15) is 5.76 Å². The molecule has 0 radical (unpaired) electrons. The van der Waals surface area contributed by atoms with E-state index in [2.05, 4.69) is 19.1 Å². The molecule has 0 bridgehead atoms. The van der Waals surface area contributed by atoms with Crippen LogP contribution in [0.5, 0.6) is 0 Å². The first-order valence-electron chi connectivity index (χ1n) is 8.03. The Labute approximate surface area is 144 Å². The number of halogens is 3. The Hall–Kier alpha value is -2.56. The number of ketones is 1. The van der Waals surface area contributed by atoms with Gasteiger partial charge >= 0.3 is 6.18 Å². The van der Waals surface area contributed by atoms with E-state index in [1.165, 1.54) is 17.7 Å². The summed E-state index contributed by atoms with van der Waals surface area (Å²) in [6.45, 7) is 2.14. The Morgan fingerprint density at radius 1 is 1.00 bits per heavy atom. The normalized spacial score (nSPS) is 12.2. The molecule has 2 aromatic rings. The van der Waals surface area contributed by atoms with Crippen LogP contribution in [0.2, 0.25) is 0 Å². The van der Waals surface area contributed by atoms with Crippen LogP contribution in [0.1, 0.15) is 30.9 Å². The molecule has 5 heteroatoms. The molecule has 0 heterocycles. The van der Waals surface area contributed by atoms with E-state index in [0.29, 0.717) is 0 Å². The summed E-state index contributed by atoms with van der Waals surface area (Å²) in [6, 6.07) is 14.4. The second kappa shape index (κ2) is 8.01. The van der Waals surface area contributed by atoms with Gasteiger partial charge < -0.3 is 5.11 Å². The van der Waals surface area contributed by atoms with Crippen molar-refractivity contribution in [2.45, 2.75) is 32.4 Å². The molecule has 0 fully saturated rings. The van der Waals surface area contributed by atoms with Crippen molar-refractivity contribution >= 4 is 11.5 Å². The van der Waals surface area contributed by atoms with Crippen LogP contribution in [0.4, 0.5) is 13.2 Å². The first kappa shape index (κ1) is 18.8. The van der Waals surface area contributed by atoms with Crippen LogP contribution < -0.4 is 0 Å². The SMILES string of the molecule is CCCCc1ccc(-c2ccc(C(O)=CC(=O)C(F)(F)F)cc2)cc1. The summed E-state index contributed by atoms with van der Waals surface area (Å²) in [5, 5.41) is 9.67. The minimum Gasteiger partial charge on any atom is -0.507 e. The summed E-state index contributed by atoms with van der Waals surface area (Å²) in [5.41, 5.74) is 3.26. The third-order valence-corrected chi connectivity index (χ3v) is 3.83. The van der Waals surface area contributed by atoms with Gasteiger partial charge in [-0.1, -0.05) is 61.9 Å². The summed E-state index contributed by atoms with van der Waals surface area (Å²) in [6.07, 6.45) is -1.50. The maximum Gasteiger partial charge on any atom is 0.454 e. The molecule has 0 saturated carbocycles. The van der Waals surface area contributed by atoms with Crippen molar-refractivity contribution in [1.82, 2.24) is 0 Å². The molecular weight excluding hydrogens is 329 g/mol. The molecule has 0 aliphatic heterocycles. The number of carbonyl (C=O) groups is 1. The van der Waals surface area contributed by atoms with Gasteiger partial charge in [0.05, 0.1) is 0 Å². The van der Waals surface area contributed by atoms with E-state index < -0.39 is 17.7 Å². The molecule has 25 heavy (non-hydrogen) atoms. The molecule has 0 amide bonds. The maximum absolute atomic E-state index is 12.2. The monoisotopic (exact) mass is 348 g/mol. The van der Waals surface area contributed by atoms with Crippen LogP contribution in [-0.2, 0) is 11.2 Å². The molecule has 1 N–H and O–H groups in total. The van der Waals surface area contributed by atoms with Gasteiger partial charge in [-0.3, -0.25) is 4.79 Å². The zero-order valence-electron chi connectivity index (χ0n) is 13.8. The fraction of sp³-hybridized carbons (Fsp3) is 0.250. The molecule has 0 saturated heterocycles. The first-order chi connectivity index (χ1) is 11.8. The van der Waals surface area contributed by atoms with Crippen molar-refractivity contribution in [2.75, 3.05) is 0 Å². The number of hydrogen-bond donors (Lipinski definition) is 1. The predicted molar refractivity (Wildman–Crippen MR) is 92.2 cm³/mol. The van der Waals surface area contributed by atoms with Gasteiger partial charge in [-0.25, -0.2) is 0 Å². The standard InChI is InChI=1S/C20H19F3O2/c1-2-3-4-14-5-7-15(8-6-14)16-9-11-17(12-10-16)18(24)13-19(25)20(21,22)23/h5-13,24H,2-4H2,1H3. The second-order valence-electron chi connectivity index (χ2n) is 5.77. The molecule has 132 valence electrons. The average Bonchev–Trinajstić information content (AvgIpc) is 2.59. The molecule has 0 aromatic heterocycles. The number of rotatable bonds is 6. The number of hydrogen-bond acceptors (Lipinski definition) is 2. The Morgan fingerprint density at radius 2 is 1.52 bits per heavy atom. The van der Waals surface area contributed by atoms with Crippen molar-refractivity contribution in [3.8, 4) is 11.1 Å². The van der Waals surface area contributed by atoms with Gasteiger partial charge in [-0.05, 0) is 29.5 Å². The number of carbonyl (C=O) groups excluding carboxylic acids is 1. The molecule has 0 spiro atoms. The Balaban J connectivity index is 2.14. The number of aliphatic hydroxyl groups is 1. The Kier molecular flexibility index (Phi) is 6.02. The molecule has 2 rings (SSSR count). The third-order valence-electron chi connectivity index (χ3n) is 3.83. The molecule has 0 unspecified atom stereocenters. The lowest BCUT2D eigenvalue weighted by Gasteiger charge is -2.06. The van der Waals surface area contributed by atoms with E-state index in [1.54, 1.807) is 12.1 Å². The number of aliphatic hydroxyl groups excluding tert-OH is 1. The van der Waals surface area contributed by atoms with Crippen molar-refractivity contribution in [2.24, 2.45) is 0 Å². The highest BCUT2D eigenvalue weighted by atomic mass is 19.4. The quantitative estimate of drug-likeness (QED) is 0.535. The van der Waals surface area contributed by atoms with Crippen LogP contribution in [0.25, 0.3) is 16.9 Å². The molecule has 2 nitrogen and oxygen atoms in total. The van der Waals surface area contributed by atoms with Crippen molar-refractivity contribution in [3.63, 3.8) is 0 Å². The van der Waals surface area contributed by atoms with Crippen molar-refractivity contribution in [3.05, 3.63) is 65.7 Å². The average molecular weight is 348 g/mol. The Morgan fingerprint density at radius 3 is 2.00 bits per heavy atom. The van der Waals surface area contributed by atoms with Gasteiger partial charge in [0.2, 0.25) is 0 Å². The van der Waals surface area contributed by atoms with E-state index in [4.69, 9.17) is 0 Å². The van der Waals surface area contributed by atoms with Crippen molar-refractivity contribution < 1.29 is 23.1 Å². The van der Waals surface area contributed by atoms with E-state index in [-0.39, 0.29) is 11.6 Å². The maximum atomic E-state index is 12.2. The zero-order chi connectivity index (χ0) is 18.4. The lowest BCUT2D eigenvalue weighted by Crippen LogP contribution is -2.20. The van der Waals surface area contributed by atoms with Gasteiger partial charge in [-0.2, -0.15) is 13.2 Å². The van der Waals surface area contributed by atoms with E-state index in [9.17, 15) is 23.1 Å². The highest BCUT2D eigenvalue weighted by Gasteiger charge is 2.36. The minimum atomic E-state index is -4.99. The van der Waals surface area contributed by atoms with E-state index in [0.717, 1.165) is 30.4 Å². The molecule has 2 aromatic carbocycles. The largest absolute Gasteiger partial charge is 0.507 e. The van der Waals surface area contributed by atoms with Crippen LogP contribution in [0.3, 0.4) is 0 Å². The number of alkyl halides is 3. The topological polar surface area (TPSA) is 37.3 Å². The van der Waals surface area contributed by atoms with Crippen LogP contribution in [0, 0.1) is 0 Å². The second-order valence-corrected chi connectivity index (χ2v) is 5.77. The molecule has 0 aliphatic rings. The first-order valence-corrected chi connectivity index (χ1v) is 8.03. The van der Waals surface area contributed by atoms with Crippen LogP contribution in [0.15, 0.2) is 54.6 Å². The molecular formula is C20H19F3O2. The zero-order valence-corrected chi connectivity index (χ0v) is 13.8. The summed E-state index contributed by atoms with van der Waals surface area (Å²) < 4.78 is 36.6. The third kappa shape index (κ3) is 5.21. The number of benzene rings is 2. The number of allylic oxidation sites excluding steroid dienone is 1. The van der Waals surface area contributed by atoms with Crippen LogP contribution >= 0.6 is 0 Å². The lowest BCUT2D eigenvalue weighted by atomic mass is 10.0.